The quantitative estimate of drug-likeness (QED) is 0.413. The number of rotatable bonds is 11. The van der Waals surface area contributed by atoms with Crippen molar-refractivity contribution in [3.8, 4) is 0 Å². The van der Waals surface area contributed by atoms with Crippen LogP contribution in [0.15, 0.2) is 24.3 Å². The lowest BCUT2D eigenvalue weighted by Crippen LogP contribution is -2.03. The van der Waals surface area contributed by atoms with Gasteiger partial charge in [-0.25, -0.2) is 4.57 Å². The average Bonchev–Trinajstić information content (AvgIpc) is 2.47. The number of hydrogen-bond donors (Lipinski definition) is 0. The summed E-state index contributed by atoms with van der Waals surface area (Å²) < 4.78 is 28.7. The summed E-state index contributed by atoms with van der Waals surface area (Å²) in [6, 6.07) is 7.91. The number of benzene rings is 1. The summed E-state index contributed by atoms with van der Waals surface area (Å²) in [5.41, 5.74) is 2.14. The van der Waals surface area contributed by atoms with Gasteiger partial charge in [0.05, 0.1) is 19.8 Å². The van der Waals surface area contributed by atoms with Crippen LogP contribution in [0.5, 0.6) is 0 Å². The van der Waals surface area contributed by atoms with E-state index in [1.165, 1.54) is 5.56 Å². The maximum absolute atomic E-state index is 12.5. The van der Waals surface area contributed by atoms with Crippen molar-refractivity contribution in [2.75, 3.05) is 13.2 Å². The van der Waals surface area contributed by atoms with Crippen molar-refractivity contribution < 1.29 is 18.1 Å². The van der Waals surface area contributed by atoms with Gasteiger partial charge in [0.15, 0.2) is 0 Å². The maximum atomic E-state index is 12.5. The number of phosphoric ester groups is 1. The molecule has 0 fully saturated rings. The maximum Gasteiger partial charge on any atom is 0.475 e. The van der Waals surface area contributed by atoms with Gasteiger partial charge in [-0.05, 0) is 25.3 Å². The Kier molecular flexibility index (Phi) is 8.86. The molecule has 0 aliphatic rings. The summed E-state index contributed by atoms with van der Waals surface area (Å²) in [5, 5.41) is 0. The molecule has 0 radical (unpaired) electrons. The zero-order valence-electron chi connectivity index (χ0n) is 13.3. The van der Waals surface area contributed by atoms with E-state index in [1.54, 1.807) is 0 Å². The molecule has 0 heterocycles. The van der Waals surface area contributed by atoms with Gasteiger partial charge in [0.25, 0.3) is 0 Å². The highest BCUT2D eigenvalue weighted by atomic mass is 31.2. The van der Waals surface area contributed by atoms with Crippen LogP contribution in [0, 0.1) is 6.92 Å². The molecule has 0 saturated carbocycles. The predicted molar refractivity (Wildman–Crippen MR) is 85.3 cm³/mol. The Hall–Kier alpha value is -0.670. The van der Waals surface area contributed by atoms with Crippen molar-refractivity contribution in [3.63, 3.8) is 0 Å². The second-order valence-electron chi connectivity index (χ2n) is 5.08. The van der Waals surface area contributed by atoms with E-state index in [0.717, 1.165) is 31.2 Å². The van der Waals surface area contributed by atoms with E-state index in [-0.39, 0.29) is 6.61 Å². The van der Waals surface area contributed by atoms with Gasteiger partial charge in [0.2, 0.25) is 0 Å². The van der Waals surface area contributed by atoms with Crippen molar-refractivity contribution in [3.05, 3.63) is 35.4 Å². The fourth-order valence-electron chi connectivity index (χ4n) is 1.59. The van der Waals surface area contributed by atoms with Gasteiger partial charge in [-0.1, -0.05) is 56.5 Å². The summed E-state index contributed by atoms with van der Waals surface area (Å²) in [6.07, 6.45) is 3.64. The van der Waals surface area contributed by atoms with E-state index < -0.39 is 7.82 Å². The van der Waals surface area contributed by atoms with Crippen LogP contribution in [0.1, 0.15) is 50.7 Å². The Labute approximate surface area is 128 Å². The van der Waals surface area contributed by atoms with Gasteiger partial charge in [-0.2, -0.15) is 0 Å². The average molecular weight is 314 g/mol. The normalized spacial score (nSPS) is 11.8. The Morgan fingerprint density at radius 1 is 0.905 bits per heavy atom. The molecule has 1 aromatic rings. The van der Waals surface area contributed by atoms with E-state index in [9.17, 15) is 4.57 Å². The molecule has 0 bridgehead atoms. The Morgan fingerprint density at radius 2 is 1.43 bits per heavy atom. The van der Waals surface area contributed by atoms with Gasteiger partial charge < -0.3 is 0 Å². The third-order valence-electron chi connectivity index (χ3n) is 3.00. The first-order valence-corrected chi connectivity index (χ1v) is 9.15. The van der Waals surface area contributed by atoms with E-state index in [1.807, 2.05) is 31.2 Å². The van der Waals surface area contributed by atoms with E-state index in [2.05, 4.69) is 13.8 Å². The second kappa shape index (κ2) is 10.1. The number of phosphoric acid groups is 1. The molecule has 0 N–H and O–H groups in total. The monoisotopic (exact) mass is 314 g/mol. The van der Waals surface area contributed by atoms with Crippen LogP contribution in [0.3, 0.4) is 0 Å². The topological polar surface area (TPSA) is 44.8 Å². The van der Waals surface area contributed by atoms with Crippen LogP contribution < -0.4 is 0 Å². The Balaban J connectivity index is 2.53. The van der Waals surface area contributed by atoms with Gasteiger partial charge in [0, 0.05) is 0 Å². The van der Waals surface area contributed by atoms with Crippen molar-refractivity contribution in [2.24, 2.45) is 0 Å². The fraction of sp³-hybridized carbons (Fsp3) is 0.625. The lowest BCUT2D eigenvalue weighted by Gasteiger charge is -2.18. The van der Waals surface area contributed by atoms with Crippen LogP contribution in [0.2, 0.25) is 0 Å². The largest absolute Gasteiger partial charge is 0.475 e. The minimum atomic E-state index is -3.46. The predicted octanol–water partition coefficient (Wildman–Crippen LogP) is 5.25. The highest BCUT2D eigenvalue weighted by molar-refractivity contribution is 7.48. The van der Waals surface area contributed by atoms with Crippen LogP contribution in [-0.4, -0.2) is 13.2 Å². The molecule has 0 spiro atoms. The lowest BCUT2D eigenvalue weighted by molar-refractivity contribution is 0.106. The molecule has 1 rings (SSSR count). The fourth-order valence-corrected chi connectivity index (χ4v) is 2.83. The zero-order valence-corrected chi connectivity index (χ0v) is 14.2. The summed E-state index contributed by atoms with van der Waals surface area (Å²) in [4.78, 5) is 0. The van der Waals surface area contributed by atoms with Gasteiger partial charge >= 0.3 is 7.82 Å². The van der Waals surface area contributed by atoms with Gasteiger partial charge in [-0.3, -0.25) is 13.6 Å². The molecule has 0 saturated heterocycles. The molecular formula is C16H27O4P. The third-order valence-corrected chi connectivity index (χ3v) is 4.45. The highest BCUT2D eigenvalue weighted by Gasteiger charge is 2.26. The molecular weight excluding hydrogens is 287 g/mol. The van der Waals surface area contributed by atoms with Crippen molar-refractivity contribution in [1.29, 1.82) is 0 Å². The third kappa shape index (κ3) is 7.77. The Morgan fingerprint density at radius 3 is 1.90 bits per heavy atom. The van der Waals surface area contributed by atoms with Crippen LogP contribution in [0.4, 0.5) is 0 Å². The van der Waals surface area contributed by atoms with Crippen LogP contribution in [0.25, 0.3) is 0 Å². The highest BCUT2D eigenvalue weighted by Crippen LogP contribution is 2.50. The van der Waals surface area contributed by atoms with E-state index in [4.69, 9.17) is 13.6 Å². The van der Waals surface area contributed by atoms with E-state index >= 15 is 0 Å². The van der Waals surface area contributed by atoms with Gasteiger partial charge in [0.1, 0.15) is 0 Å². The Bertz CT molecular complexity index is 416. The minimum absolute atomic E-state index is 0.232. The molecule has 0 unspecified atom stereocenters. The summed E-state index contributed by atoms with van der Waals surface area (Å²) >= 11 is 0. The number of unbranched alkanes of at least 4 members (excludes halogenated alkanes) is 2. The smallest absolute Gasteiger partial charge is 0.287 e. The summed E-state index contributed by atoms with van der Waals surface area (Å²) in [5.74, 6) is 0. The second-order valence-corrected chi connectivity index (χ2v) is 6.75. The molecule has 0 aliphatic heterocycles. The summed E-state index contributed by atoms with van der Waals surface area (Å²) in [6.45, 7) is 7.16. The molecule has 0 amide bonds. The summed E-state index contributed by atoms with van der Waals surface area (Å²) in [7, 11) is -3.46. The molecule has 0 atom stereocenters. The molecule has 5 heteroatoms. The molecule has 21 heavy (non-hydrogen) atoms. The first-order chi connectivity index (χ1) is 10.1. The minimum Gasteiger partial charge on any atom is -0.287 e. The first-order valence-electron chi connectivity index (χ1n) is 7.69. The van der Waals surface area contributed by atoms with Crippen molar-refractivity contribution >= 4 is 7.82 Å². The SMILES string of the molecule is CCCCOP(=O)(OCCCC)OCc1ccc(C)cc1. The molecule has 0 aromatic heterocycles. The van der Waals surface area contributed by atoms with Gasteiger partial charge in [-0.15, -0.1) is 0 Å². The standard InChI is InChI=1S/C16H27O4P/c1-4-6-12-18-21(17,19-13-7-5-2)20-14-16-10-8-15(3)9-11-16/h8-11H,4-7,12-14H2,1-3H3. The first kappa shape index (κ1) is 18.4. The van der Waals surface area contributed by atoms with Crippen LogP contribution in [-0.2, 0) is 24.7 Å². The molecule has 4 nitrogen and oxygen atoms in total. The van der Waals surface area contributed by atoms with Crippen molar-refractivity contribution in [2.45, 2.75) is 53.1 Å². The molecule has 0 aliphatic carbocycles. The lowest BCUT2D eigenvalue weighted by atomic mass is 10.2. The molecule has 120 valence electrons. The van der Waals surface area contributed by atoms with E-state index in [0.29, 0.717) is 13.2 Å². The van der Waals surface area contributed by atoms with Crippen molar-refractivity contribution in [1.82, 2.24) is 0 Å². The zero-order chi connectivity index (χ0) is 15.6. The molecule has 1 aromatic carbocycles. The van der Waals surface area contributed by atoms with Crippen LogP contribution >= 0.6 is 7.82 Å². The number of hydrogen-bond acceptors (Lipinski definition) is 4. The number of aryl methyl sites for hydroxylation is 1.